The lowest BCUT2D eigenvalue weighted by Gasteiger charge is -2.20. The Morgan fingerprint density at radius 3 is 2.27 bits per heavy atom. The van der Waals surface area contributed by atoms with Crippen LogP contribution in [0.4, 0.5) is 5.69 Å². The van der Waals surface area contributed by atoms with Crippen LogP contribution >= 0.6 is 0 Å². The third-order valence-electron chi connectivity index (χ3n) is 4.88. The molecule has 0 aliphatic rings. The first-order valence-electron chi connectivity index (χ1n) is 9.88. The van der Waals surface area contributed by atoms with Crippen LogP contribution < -0.4 is 14.8 Å². The molecule has 2 aromatic carbocycles. The zero-order valence-corrected chi connectivity index (χ0v) is 19.0. The van der Waals surface area contributed by atoms with Crippen LogP contribution in [-0.2, 0) is 21.2 Å². The fraction of sp³-hybridized carbons (Fsp3) is 0.409. The van der Waals surface area contributed by atoms with Crippen LogP contribution in [0, 0.1) is 6.92 Å². The summed E-state index contributed by atoms with van der Waals surface area (Å²) in [4.78, 5) is 12.6. The third kappa shape index (κ3) is 5.52. The van der Waals surface area contributed by atoms with Crippen molar-refractivity contribution in [1.82, 2.24) is 4.31 Å². The fourth-order valence-corrected chi connectivity index (χ4v) is 4.88. The summed E-state index contributed by atoms with van der Waals surface area (Å²) in [6, 6.07) is 10.5. The van der Waals surface area contributed by atoms with Crippen molar-refractivity contribution in [2.75, 3.05) is 32.6 Å². The summed E-state index contributed by atoms with van der Waals surface area (Å²) in [7, 11) is -0.468. The average Bonchev–Trinajstić information content (AvgIpc) is 2.73. The number of rotatable bonds is 10. The second-order valence-corrected chi connectivity index (χ2v) is 8.71. The molecule has 0 aromatic heterocycles. The Labute approximate surface area is 179 Å². The molecule has 0 atom stereocenters. The predicted octanol–water partition coefficient (Wildman–Crippen LogP) is 3.61. The highest BCUT2D eigenvalue weighted by Crippen LogP contribution is 2.28. The van der Waals surface area contributed by atoms with E-state index >= 15 is 0 Å². The Morgan fingerprint density at radius 2 is 1.67 bits per heavy atom. The highest BCUT2D eigenvalue weighted by molar-refractivity contribution is 7.89. The molecule has 164 valence electrons. The lowest BCUT2D eigenvalue weighted by Crippen LogP contribution is -2.31. The van der Waals surface area contributed by atoms with Gasteiger partial charge >= 0.3 is 0 Å². The monoisotopic (exact) mass is 434 g/mol. The highest BCUT2D eigenvalue weighted by Gasteiger charge is 2.24. The van der Waals surface area contributed by atoms with Gasteiger partial charge in [-0.2, -0.15) is 4.31 Å². The van der Waals surface area contributed by atoms with Gasteiger partial charge in [-0.05, 0) is 48.7 Å². The summed E-state index contributed by atoms with van der Waals surface area (Å²) in [5.74, 6) is 1.05. The van der Waals surface area contributed by atoms with Gasteiger partial charge in [0.25, 0.3) is 0 Å². The molecule has 1 amide bonds. The summed E-state index contributed by atoms with van der Waals surface area (Å²) < 4.78 is 37.6. The zero-order chi connectivity index (χ0) is 22.3. The van der Waals surface area contributed by atoms with Crippen molar-refractivity contribution in [3.05, 3.63) is 47.5 Å². The average molecular weight is 435 g/mol. The number of methoxy groups -OCH3 is 2. The van der Waals surface area contributed by atoms with Crippen LogP contribution in [0.1, 0.15) is 31.4 Å². The minimum absolute atomic E-state index is 0.195. The van der Waals surface area contributed by atoms with Gasteiger partial charge in [0.1, 0.15) is 0 Å². The largest absolute Gasteiger partial charge is 0.493 e. The third-order valence-corrected chi connectivity index (χ3v) is 7.08. The SMILES string of the molecule is CCN(CC)S(=O)(=O)c1cc(NC(=O)CCc2ccc(OC)c(OC)c2)ccc1C. The molecule has 0 heterocycles. The van der Waals surface area contributed by atoms with E-state index in [1.54, 1.807) is 53.2 Å². The van der Waals surface area contributed by atoms with Crippen molar-refractivity contribution in [2.24, 2.45) is 0 Å². The molecule has 2 aromatic rings. The maximum absolute atomic E-state index is 12.9. The smallest absolute Gasteiger partial charge is 0.243 e. The number of amides is 1. The molecule has 7 nitrogen and oxygen atoms in total. The molecule has 8 heteroatoms. The van der Waals surface area contributed by atoms with Crippen LogP contribution in [0.25, 0.3) is 0 Å². The van der Waals surface area contributed by atoms with Crippen molar-refractivity contribution in [3.8, 4) is 11.5 Å². The van der Waals surface area contributed by atoms with Gasteiger partial charge in [0.15, 0.2) is 11.5 Å². The van der Waals surface area contributed by atoms with Crippen molar-refractivity contribution < 1.29 is 22.7 Å². The number of aryl methyl sites for hydroxylation is 2. The fourth-order valence-electron chi connectivity index (χ4n) is 3.18. The number of anilines is 1. The molecule has 0 aliphatic carbocycles. The van der Waals surface area contributed by atoms with Crippen LogP contribution in [0.5, 0.6) is 11.5 Å². The Hall–Kier alpha value is -2.58. The first kappa shape index (κ1) is 23.7. The van der Waals surface area contributed by atoms with Gasteiger partial charge in [-0.3, -0.25) is 4.79 Å². The molecule has 30 heavy (non-hydrogen) atoms. The number of hydrogen-bond acceptors (Lipinski definition) is 5. The Balaban J connectivity index is 2.11. The molecule has 0 saturated carbocycles. The minimum atomic E-state index is -3.60. The topological polar surface area (TPSA) is 84.9 Å². The lowest BCUT2D eigenvalue weighted by molar-refractivity contribution is -0.116. The molecule has 0 saturated heterocycles. The molecule has 0 radical (unpaired) electrons. The number of nitrogens with zero attached hydrogens (tertiary/aromatic N) is 1. The van der Waals surface area contributed by atoms with E-state index in [0.717, 1.165) is 5.56 Å². The number of benzene rings is 2. The van der Waals surface area contributed by atoms with Gasteiger partial charge in [-0.1, -0.05) is 26.0 Å². The lowest BCUT2D eigenvalue weighted by atomic mass is 10.1. The maximum atomic E-state index is 12.9. The van der Waals surface area contributed by atoms with Crippen molar-refractivity contribution in [1.29, 1.82) is 0 Å². The Kier molecular flexibility index (Phi) is 8.25. The van der Waals surface area contributed by atoms with Crippen molar-refractivity contribution in [3.63, 3.8) is 0 Å². The van der Waals surface area contributed by atoms with Crippen molar-refractivity contribution in [2.45, 2.75) is 38.5 Å². The molecular formula is C22H30N2O5S. The minimum Gasteiger partial charge on any atom is -0.493 e. The summed E-state index contributed by atoms with van der Waals surface area (Å²) in [6.07, 6.45) is 0.768. The van der Waals surface area contributed by atoms with Gasteiger partial charge in [0, 0.05) is 25.2 Å². The highest BCUT2D eigenvalue weighted by atomic mass is 32.2. The molecule has 0 unspecified atom stereocenters. The first-order valence-corrected chi connectivity index (χ1v) is 11.3. The van der Waals surface area contributed by atoms with E-state index in [9.17, 15) is 13.2 Å². The zero-order valence-electron chi connectivity index (χ0n) is 18.2. The molecule has 1 N–H and O–H groups in total. The maximum Gasteiger partial charge on any atom is 0.243 e. The van der Waals surface area contributed by atoms with Crippen LogP contribution in [0.3, 0.4) is 0 Å². The van der Waals surface area contributed by atoms with Crippen LogP contribution in [0.15, 0.2) is 41.3 Å². The Bertz CT molecular complexity index is 985. The van der Waals surface area contributed by atoms with E-state index in [-0.39, 0.29) is 17.2 Å². The first-order chi connectivity index (χ1) is 14.3. The summed E-state index contributed by atoms with van der Waals surface area (Å²) >= 11 is 0. The van der Waals surface area contributed by atoms with E-state index in [0.29, 0.717) is 42.3 Å². The van der Waals surface area contributed by atoms with Crippen molar-refractivity contribution >= 4 is 21.6 Å². The van der Waals surface area contributed by atoms with E-state index in [1.165, 1.54) is 10.4 Å². The number of carbonyl (C=O) groups excluding carboxylic acids is 1. The van der Waals surface area contributed by atoms with E-state index in [4.69, 9.17) is 9.47 Å². The molecular weight excluding hydrogens is 404 g/mol. The van der Waals surface area contributed by atoms with Gasteiger partial charge in [0.05, 0.1) is 19.1 Å². The van der Waals surface area contributed by atoms with E-state index in [1.807, 2.05) is 12.1 Å². The molecule has 0 fully saturated rings. The van der Waals surface area contributed by atoms with Crippen LogP contribution in [-0.4, -0.2) is 45.9 Å². The number of carbonyl (C=O) groups is 1. The summed E-state index contributed by atoms with van der Waals surface area (Å²) in [6.45, 7) is 6.13. The van der Waals surface area contributed by atoms with Gasteiger partial charge in [-0.15, -0.1) is 0 Å². The Morgan fingerprint density at radius 1 is 1.00 bits per heavy atom. The number of ether oxygens (including phenoxy) is 2. The predicted molar refractivity (Wildman–Crippen MR) is 118 cm³/mol. The molecule has 2 rings (SSSR count). The molecule has 0 spiro atoms. The summed E-state index contributed by atoms with van der Waals surface area (Å²) in [5, 5.41) is 2.80. The molecule has 0 bridgehead atoms. The second kappa shape index (κ2) is 10.4. The van der Waals surface area contributed by atoms with Crippen LogP contribution in [0.2, 0.25) is 0 Å². The number of hydrogen-bond donors (Lipinski definition) is 1. The van der Waals surface area contributed by atoms with E-state index in [2.05, 4.69) is 5.32 Å². The van der Waals surface area contributed by atoms with Gasteiger partial charge in [0.2, 0.25) is 15.9 Å². The van der Waals surface area contributed by atoms with E-state index < -0.39 is 10.0 Å². The number of sulfonamides is 1. The van der Waals surface area contributed by atoms with Gasteiger partial charge in [-0.25, -0.2) is 8.42 Å². The number of nitrogens with one attached hydrogen (secondary N) is 1. The normalized spacial score (nSPS) is 11.4. The quantitative estimate of drug-likeness (QED) is 0.617. The molecule has 0 aliphatic heterocycles. The standard InChI is InChI=1S/C22H30N2O5S/c1-6-24(7-2)30(26,27)21-15-18(11-8-16(21)3)23-22(25)13-10-17-9-12-19(28-4)20(14-17)29-5/h8-9,11-12,14-15H,6-7,10,13H2,1-5H3,(H,23,25). The second-order valence-electron chi connectivity index (χ2n) is 6.81. The summed E-state index contributed by atoms with van der Waals surface area (Å²) in [5.41, 5.74) is 2.05. The van der Waals surface area contributed by atoms with Gasteiger partial charge < -0.3 is 14.8 Å².